The van der Waals surface area contributed by atoms with E-state index < -0.39 is 12.1 Å². The van der Waals surface area contributed by atoms with E-state index in [1.54, 1.807) is 0 Å². The minimum atomic E-state index is -0.598. The lowest BCUT2D eigenvalue weighted by Crippen LogP contribution is -2.46. The highest BCUT2D eigenvalue weighted by Gasteiger charge is 2.27. The number of aromatic nitrogens is 4. The molecule has 1 N–H and O–H groups in total. The molecule has 9 nitrogen and oxygen atoms in total. The molecule has 0 saturated carbocycles. The smallest absolute Gasteiger partial charge is 0.336 e. The maximum Gasteiger partial charge on any atom is 0.336 e. The first-order valence-corrected chi connectivity index (χ1v) is 6.51. The van der Waals surface area contributed by atoms with E-state index >= 15 is 0 Å². The van der Waals surface area contributed by atoms with Crippen LogP contribution in [0.3, 0.4) is 0 Å². The minimum Gasteiger partial charge on any atom is -0.467 e. The normalized spacial score (nSPS) is 19.8. The molecule has 0 amide bonds. The zero-order chi connectivity index (χ0) is 14.8. The number of aromatic amines is 1. The lowest BCUT2D eigenvalue weighted by atomic mass is 10.2. The number of nitrogens with zero attached hydrogens (tertiary/aromatic N) is 4. The van der Waals surface area contributed by atoms with Gasteiger partial charge in [-0.1, -0.05) is 0 Å². The second kappa shape index (κ2) is 5.62. The second-order valence-corrected chi connectivity index (χ2v) is 4.73. The van der Waals surface area contributed by atoms with E-state index in [1.165, 1.54) is 24.0 Å². The molecule has 3 rings (SSSR count). The Labute approximate surface area is 119 Å². The largest absolute Gasteiger partial charge is 0.467 e. The van der Waals surface area contributed by atoms with Crippen LogP contribution in [0.25, 0.3) is 5.78 Å². The molecule has 21 heavy (non-hydrogen) atoms. The van der Waals surface area contributed by atoms with Crippen LogP contribution in [-0.4, -0.2) is 63.4 Å². The fraction of sp³-hybridized carbons (Fsp3) is 0.500. The van der Waals surface area contributed by atoms with Gasteiger partial charge in [0, 0.05) is 25.7 Å². The summed E-state index contributed by atoms with van der Waals surface area (Å²) in [6.07, 6.45) is 0.814. The van der Waals surface area contributed by atoms with Gasteiger partial charge in [-0.3, -0.25) is 14.8 Å². The van der Waals surface area contributed by atoms with E-state index in [9.17, 15) is 9.59 Å². The molecule has 0 aromatic carbocycles. The topological polar surface area (TPSA) is 102 Å². The molecule has 2 aromatic rings. The molecule has 112 valence electrons. The highest BCUT2D eigenvalue weighted by molar-refractivity contribution is 5.74. The van der Waals surface area contributed by atoms with Gasteiger partial charge >= 0.3 is 5.97 Å². The number of fused-ring (bicyclic) bond motifs is 1. The van der Waals surface area contributed by atoms with E-state index in [0.717, 1.165) is 0 Å². The number of morpholine rings is 1. The molecule has 3 heterocycles. The molecule has 9 heteroatoms. The molecule has 0 bridgehead atoms. The summed E-state index contributed by atoms with van der Waals surface area (Å²) in [5, 5.41) is 2.68. The number of methoxy groups -OCH3 is 1. The second-order valence-electron chi connectivity index (χ2n) is 4.73. The van der Waals surface area contributed by atoms with Gasteiger partial charge in [-0.05, 0) is 0 Å². The highest BCUT2D eigenvalue weighted by Crippen LogP contribution is 2.09. The quantitative estimate of drug-likeness (QED) is 0.708. The first-order valence-electron chi connectivity index (χ1n) is 6.51. The summed E-state index contributed by atoms with van der Waals surface area (Å²) >= 11 is 0. The van der Waals surface area contributed by atoms with Gasteiger partial charge in [0.1, 0.15) is 6.33 Å². The van der Waals surface area contributed by atoms with Gasteiger partial charge in [0.15, 0.2) is 6.10 Å². The number of carbonyl (C=O) groups is 1. The summed E-state index contributed by atoms with van der Waals surface area (Å²) in [5.74, 6) is -0.0641. The van der Waals surface area contributed by atoms with Crippen molar-refractivity contribution in [2.24, 2.45) is 0 Å². The summed E-state index contributed by atoms with van der Waals surface area (Å²) in [4.78, 5) is 33.6. The molecule has 1 aliphatic rings. The Bertz CT molecular complexity index is 709. The lowest BCUT2D eigenvalue weighted by Gasteiger charge is -2.30. The van der Waals surface area contributed by atoms with Crippen molar-refractivity contribution in [1.82, 2.24) is 24.5 Å². The Morgan fingerprint density at radius 2 is 2.48 bits per heavy atom. The molecule has 1 saturated heterocycles. The predicted molar refractivity (Wildman–Crippen MR) is 70.6 cm³/mol. The zero-order valence-corrected chi connectivity index (χ0v) is 11.5. The van der Waals surface area contributed by atoms with Crippen molar-refractivity contribution in [1.29, 1.82) is 0 Å². The van der Waals surface area contributed by atoms with E-state index in [0.29, 0.717) is 37.7 Å². The first-order chi connectivity index (χ1) is 10.2. The summed E-state index contributed by atoms with van der Waals surface area (Å²) in [6, 6.07) is 1.45. The number of nitrogens with one attached hydrogen (secondary N) is 1. The summed E-state index contributed by atoms with van der Waals surface area (Å²) in [5.41, 5.74) is 0.392. The number of hydrogen-bond acceptors (Lipinski definition) is 7. The Morgan fingerprint density at radius 1 is 1.62 bits per heavy atom. The monoisotopic (exact) mass is 293 g/mol. The predicted octanol–water partition coefficient (Wildman–Crippen LogP) is -1.21. The number of ether oxygens (including phenoxy) is 2. The van der Waals surface area contributed by atoms with Crippen LogP contribution in [0.2, 0.25) is 0 Å². The van der Waals surface area contributed by atoms with Gasteiger partial charge in [-0.15, -0.1) is 0 Å². The average molecular weight is 293 g/mol. The van der Waals surface area contributed by atoms with E-state index in [-0.39, 0.29) is 5.56 Å². The maximum atomic E-state index is 11.9. The van der Waals surface area contributed by atoms with Crippen molar-refractivity contribution >= 4 is 11.7 Å². The summed E-state index contributed by atoms with van der Waals surface area (Å²) in [7, 11) is 1.33. The number of rotatable bonds is 3. The number of hydrogen-bond donors (Lipinski definition) is 1. The van der Waals surface area contributed by atoms with Gasteiger partial charge in [-0.2, -0.15) is 4.52 Å². The van der Waals surface area contributed by atoms with Crippen LogP contribution in [0.5, 0.6) is 0 Å². The average Bonchev–Trinajstić information content (AvgIpc) is 2.95. The van der Waals surface area contributed by atoms with E-state index in [2.05, 4.69) is 19.8 Å². The minimum absolute atomic E-state index is 0.217. The van der Waals surface area contributed by atoms with Crippen molar-refractivity contribution in [3.63, 3.8) is 0 Å². The Kier molecular flexibility index (Phi) is 3.67. The fourth-order valence-electron chi connectivity index (χ4n) is 2.30. The third-order valence-electron chi connectivity index (χ3n) is 3.32. The summed E-state index contributed by atoms with van der Waals surface area (Å²) in [6.45, 7) is 1.96. The Balaban J connectivity index is 1.75. The Morgan fingerprint density at radius 3 is 3.29 bits per heavy atom. The third kappa shape index (κ3) is 2.78. The number of carbonyl (C=O) groups excluding carboxylic acids is 1. The van der Waals surface area contributed by atoms with Crippen LogP contribution in [0.15, 0.2) is 17.2 Å². The van der Waals surface area contributed by atoms with Crippen molar-refractivity contribution in [2.75, 3.05) is 26.8 Å². The molecule has 0 radical (unpaired) electrons. The molecule has 0 spiro atoms. The maximum absolute atomic E-state index is 11.9. The van der Waals surface area contributed by atoms with Gasteiger partial charge < -0.3 is 9.47 Å². The van der Waals surface area contributed by atoms with Crippen LogP contribution in [0, 0.1) is 0 Å². The Hall–Kier alpha value is -2.26. The zero-order valence-electron chi connectivity index (χ0n) is 11.5. The van der Waals surface area contributed by atoms with Crippen LogP contribution in [0.1, 0.15) is 5.69 Å². The van der Waals surface area contributed by atoms with Crippen LogP contribution in [-0.2, 0) is 20.8 Å². The van der Waals surface area contributed by atoms with Crippen LogP contribution in [0.4, 0.5) is 0 Å². The molecule has 1 aliphatic heterocycles. The van der Waals surface area contributed by atoms with Crippen LogP contribution < -0.4 is 5.56 Å². The molecular formula is C12H15N5O4. The number of H-pyrrole nitrogens is 1. The van der Waals surface area contributed by atoms with E-state index in [1.807, 2.05) is 4.90 Å². The van der Waals surface area contributed by atoms with Gasteiger partial charge in [0.05, 0.1) is 19.4 Å². The SMILES string of the molecule is COC(=O)C1CN(Cc2cc(=O)n3[nH]cnc3n2)CCO1. The third-order valence-corrected chi connectivity index (χ3v) is 3.32. The van der Waals surface area contributed by atoms with Crippen molar-refractivity contribution in [2.45, 2.75) is 12.6 Å². The van der Waals surface area contributed by atoms with Gasteiger partial charge in [-0.25, -0.2) is 14.8 Å². The fourth-order valence-corrected chi connectivity index (χ4v) is 2.30. The standard InChI is InChI=1S/C12H15N5O4/c1-20-11(19)9-6-16(2-3-21-9)5-8-4-10(18)17-12(15-8)13-7-14-17/h4,7,9H,2-3,5-6H2,1H3,(H,13,14,15). The number of esters is 1. The molecule has 1 atom stereocenters. The van der Waals surface area contributed by atoms with E-state index in [4.69, 9.17) is 4.74 Å². The summed E-state index contributed by atoms with van der Waals surface area (Å²) < 4.78 is 11.3. The molecule has 1 unspecified atom stereocenters. The van der Waals surface area contributed by atoms with Crippen molar-refractivity contribution in [3.05, 3.63) is 28.4 Å². The van der Waals surface area contributed by atoms with Gasteiger partial charge in [0.25, 0.3) is 11.3 Å². The molecule has 0 aliphatic carbocycles. The highest BCUT2D eigenvalue weighted by atomic mass is 16.6. The van der Waals surface area contributed by atoms with Crippen LogP contribution >= 0.6 is 0 Å². The van der Waals surface area contributed by atoms with Crippen molar-refractivity contribution < 1.29 is 14.3 Å². The molecule has 2 aromatic heterocycles. The lowest BCUT2D eigenvalue weighted by molar-refractivity contribution is -0.160. The first kappa shape index (κ1) is 13.7. The molecule has 1 fully saturated rings. The molecular weight excluding hydrogens is 278 g/mol. The van der Waals surface area contributed by atoms with Crippen molar-refractivity contribution in [3.8, 4) is 0 Å². The van der Waals surface area contributed by atoms with Gasteiger partial charge in [0.2, 0.25) is 0 Å².